The summed E-state index contributed by atoms with van der Waals surface area (Å²) < 4.78 is 0. The summed E-state index contributed by atoms with van der Waals surface area (Å²) in [7, 11) is 0. The first-order valence-electron chi connectivity index (χ1n) is 6.09. The Balaban J connectivity index is 2.43. The van der Waals surface area contributed by atoms with Gasteiger partial charge in [0.05, 0.1) is 11.9 Å². The first-order valence-corrected chi connectivity index (χ1v) is 6.09. The van der Waals surface area contributed by atoms with Gasteiger partial charge in [-0.2, -0.15) is 5.26 Å². The van der Waals surface area contributed by atoms with Crippen LogP contribution >= 0.6 is 0 Å². The molecule has 4 nitrogen and oxygen atoms in total. The molecule has 1 N–H and O–H groups in total. The predicted octanol–water partition coefficient (Wildman–Crippen LogP) is 3.13. The molecule has 96 valence electrons. The van der Waals surface area contributed by atoms with E-state index in [9.17, 15) is 5.11 Å². The van der Waals surface area contributed by atoms with Crippen LogP contribution in [0.4, 0.5) is 11.4 Å². The van der Waals surface area contributed by atoms with Gasteiger partial charge in [-0.15, -0.1) is 0 Å². The Labute approximate surface area is 112 Å². The van der Waals surface area contributed by atoms with Crippen LogP contribution in [0.5, 0.6) is 5.75 Å². The summed E-state index contributed by atoms with van der Waals surface area (Å²) in [5, 5.41) is 18.4. The zero-order valence-electron chi connectivity index (χ0n) is 11.0. The molecule has 1 heterocycles. The van der Waals surface area contributed by atoms with Crippen molar-refractivity contribution >= 4 is 11.4 Å². The van der Waals surface area contributed by atoms with Gasteiger partial charge < -0.3 is 10.0 Å². The van der Waals surface area contributed by atoms with Crippen molar-refractivity contribution in [3.63, 3.8) is 0 Å². The summed E-state index contributed by atoms with van der Waals surface area (Å²) in [6.45, 7) is 4.77. The third-order valence-electron chi connectivity index (χ3n) is 2.97. The summed E-state index contributed by atoms with van der Waals surface area (Å²) in [5.41, 5.74) is 3.31. The molecule has 0 aliphatic carbocycles. The van der Waals surface area contributed by atoms with Gasteiger partial charge in [-0.25, -0.2) is 4.98 Å². The Kier molecular flexibility index (Phi) is 3.67. The lowest BCUT2D eigenvalue weighted by Crippen LogP contribution is -2.17. The second-order valence-corrected chi connectivity index (χ2v) is 4.23. The van der Waals surface area contributed by atoms with Crippen molar-refractivity contribution in [2.45, 2.75) is 13.8 Å². The van der Waals surface area contributed by atoms with Crippen molar-refractivity contribution in [1.29, 1.82) is 5.26 Å². The van der Waals surface area contributed by atoms with E-state index >= 15 is 0 Å². The summed E-state index contributed by atoms with van der Waals surface area (Å²) in [6.07, 6.45) is 1.67. The molecule has 4 heteroatoms. The van der Waals surface area contributed by atoms with E-state index in [4.69, 9.17) is 5.26 Å². The van der Waals surface area contributed by atoms with Gasteiger partial charge in [0.2, 0.25) is 0 Å². The molecule has 0 amide bonds. The molecule has 0 bridgehead atoms. The van der Waals surface area contributed by atoms with Gasteiger partial charge in [-0.3, -0.25) is 0 Å². The predicted molar refractivity (Wildman–Crippen MR) is 74.5 cm³/mol. The van der Waals surface area contributed by atoms with Gasteiger partial charge in [0.25, 0.3) is 0 Å². The Morgan fingerprint density at radius 2 is 2.11 bits per heavy atom. The van der Waals surface area contributed by atoms with Crippen LogP contribution in [0.2, 0.25) is 0 Å². The number of hydrogen-bond donors (Lipinski definition) is 1. The van der Waals surface area contributed by atoms with E-state index in [-0.39, 0.29) is 5.75 Å². The number of benzene rings is 1. The van der Waals surface area contributed by atoms with Crippen LogP contribution in [0.1, 0.15) is 18.2 Å². The molecule has 0 saturated carbocycles. The van der Waals surface area contributed by atoms with Crippen LogP contribution in [0.3, 0.4) is 0 Å². The van der Waals surface area contributed by atoms with Gasteiger partial charge in [0, 0.05) is 18.3 Å². The minimum Gasteiger partial charge on any atom is -0.508 e. The van der Waals surface area contributed by atoms with E-state index in [1.54, 1.807) is 24.4 Å². The second kappa shape index (κ2) is 5.40. The van der Waals surface area contributed by atoms with E-state index in [1.807, 2.05) is 36.9 Å². The molecule has 0 fully saturated rings. The second-order valence-electron chi connectivity index (χ2n) is 4.23. The zero-order valence-corrected chi connectivity index (χ0v) is 11.0. The molecule has 1 aromatic heterocycles. The number of nitriles is 1. The quantitative estimate of drug-likeness (QED) is 0.913. The molecule has 0 saturated heterocycles. The van der Waals surface area contributed by atoms with Gasteiger partial charge >= 0.3 is 0 Å². The lowest BCUT2D eigenvalue weighted by atomic mass is 10.1. The molecule has 2 rings (SSSR count). The number of rotatable bonds is 3. The van der Waals surface area contributed by atoms with Gasteiger partial charge in [-0.1, -0.05) is 6.07 Å². The average Bonchev–Trinajstić information content (AvgIpc) is 2.44. The Morgan fingerprint density at radius 1 is 1.32 bits per heavy atom. The van der Waals surface area contributed by atoms with E-state index in [1.165, 1.54) is 0 Å². The highest BCUT2D eigenvalue weighted by Gasteiger charge is 2.11. The number of aromatic nitrogens is 1. The number of anilines is 2. The molecule has 0 aliphatic rings. The van der Waals surface area contributed by atoms with E-state index in [0.717, 1.165) is 23.5 Å². The molecule has 0 radical (unpaired) electrons. The molecule has 1 aromatic carbocycles. The molecule has 0 unspecified atom stereocenters. The largest absolute Gasteiger partial charge is 0.508 e. The van der Waals surface area contributed by atoms with Crippen LogP contribution < -0.4 is 4.90 Å². The fourth-order valence-corrected chi connectivity index (χ4v) is 1.99. The van der Waals surface area contributed by atoms with Crippen LogP contribution in [0.15, 0.2) is 36.5 Å². The van der Waals surface area contributed by atoms with Crippen molar-refractivity contribution in [1.82, 2.24) is 4.98 Å². The number of aromatic hydroxyl groups is 1. The van der Waals surface area contributed by atoms with Crippen LogP contribution in [-0.2, 0) is 0 Å². The Morgan fingerprint density at radius 3 is 2.68 bits per heavy atom. The van der Waals surface area contributed by atoms with E-state index < -0.39 is 0 Å². The summed E-state index contributed by atoms with van der Waals surface area (Å²) in [4.78, 5) is 6.12. The van der Waals surface area contributed by atoms with Crippen LogP contribution in [0.25, 0.3) is 0 Å². The van der Waals surface area contributed by atoms with Crippen LogP contribution in [-0.4, -0.2) is 16.6 Å². The van der Waals surface area contributed by atoms with Gasteiger partial charge in [-0.05, 0) is 37.6 Å². The van der Waals surface area contributed by atoms with Crippen molar-refractivity contribution < 1.29 is 5.11 Å². The third kappa shape index (κ3) is 2.66. The minimum atomic E-state index is 0.237. The molecule has 0 aliphatic heterocycles. The number of hydrogen-bond acceptors (Lipinski definition) is 4. The maximum atomic E-state index is 9.63. The summed E-state index contributed by atoms with van der Waals surface area (Å²) in [5.74, 6) is 0.237. The first kappa shape index (κ1) is 12.9. The fraction of sp³-hybridized carbons (Fsp3) is 0.200. The lowest BCUT2D eigenvalue weighted by molar-refractivity contribution is 0.475. The lowest BCUT2D eigenvalue weighted by Gasteiger charge is -2.24. The Hall–Kier alpha value is -2.54. The smallest absolute Gasteiger partial charge is 0.140 e. The highest BCUT2D eigenvalue weighted by molar-refractivity contribution is 5.67. The minimum absolute atomic E-state index is 0.237. The third-order valence-corrected chi connectivity index (χ3v) is 2.97. The first-order chi connectivity index (χ1) is 9.15. The molecule has 2 aromatic rings. The number of pyridine rings is 1. The molecule has 0 atom stereocenters. The number of phenols is 1. The van der Waals surface area contributed by atoms with E-state index in [0.29, 0.717) is 5.69 Å². The molecular formula is C15H15N3O. The topological polar surface area (TPSA) is 60.2 Å². The van der Waals surface area contributed by atoms with E-state index in [2.05, 4.69) is 4.98 Å². The number of aryl methyl sites for hydroxylation is 1. The number of nitrogens with zero attached hydrogens (tertiary/aromatic N) is 3. The van der Waals surface area contributed by atoms with Crippen molar-refractivity contribution in [3.05, 3.63) is 47.8 Å². The monoisotopic (exact) mass is 253 g/mol. The van der Waals surface area contributed by atoms with Crippen molar-refractivity contribution in [3.8, 4) is 11.8 Å². The average molecular weight is 253 g/mol. The highest BCUT2D eigenvalue weighted by Crippen LogP contribution is 2.30. The maximum Gasteiger partial charge on any atom is 0.140 e. The summed E-state index contributed by atoms with van der Waals surface area (Å²) >= 11 is 0. The van der Waals surface area contributed by atoms with Crippen LogP contribution in [0, 0.1) is 18.3 Å². The van der Waals surface area contributed by atoms with Crippen molar-refractivity contribution in [2.75, 3.05) is 11.4 Å². The van der Waals surface area contributed by atoms with Crippen molar-refractivity contribution in [2.24, 2.45) is 0 Å². The highest BCUT2D eigenvalue weighted by atomic mass is 16.3. The molecule has 0 spiro atoms. The molecule has 19 heavy (non-hydrogen) atoms. The standard InChI is InChI=1S/C15H15N3O/c1-3-18(13-6-5-12(9-16)17-10-13)15-8-14(19)7-4-11(15)2/h4-8,10,19H,3H2,1-2H3. The zero-order chi connectivity index (χ0) is 13.8. The normalized spacial score (nSPS) is 9.95. The molecular weight excluding hydrogens is 238 g/mol. The maximum absolute atomic E-state index is 9.63. The fourth-order valence-electron chi connectivity index (χ4n) is 1.99. The summed E-state index contributed by atoms with van der Waals surface area (Å²) in [6, 6.07) is 10.8. The van der Waals surface area contributed by atoms with Gasteiger partial charge in [0.15, 0.2) is 0 Å². The SMILES string of the molecule is CCN(c1ccc(C#N)nc1)c1cc(O)ccc1C. The Bertz CT molecular complexity index is 614. The van der Waals surface area contributed by atoms with Gasteiger partial charge in [0.1, 0.15) is 17.5 Å². The number of phenolic OH excluding ortho intramolecular Hbond substituents is 1.